The summed E-state index contributed by atoms with van der Waals surface area (Å²) >= 11 is 6.56. The van der Waals surface area contributed by atoms with Gasteiger partial charge in [0.05, 0.1) is 5.38 Å². The zero-order chi connectivity index (χ0) is 13.3. The van der Waals surface area contributed by atoms with E-state index < -0.39 is 0 Å². The molecule has 0 heterocycles. The van der Waals surface area contributed by atoms with E-state index in [9.17, 15) is 4.39 Å². The Bertz CT molecular complexity index is 548. The number of hydrogen-bond donors (Lipinski definition) is 0. The maximum absolute atomic E-state index is 13.7. The minimum Gasteiger partial charge on any atom is -0.206 e. The van der Waals surface area contributed by atoms with Gasteiger partial charge < -0.3 is 0 Å². The van der Waals surface area contributed by atoms with Crippen LogP contribution in [0.5, 0.6) is 0 Å². The molecule has 96 valence electrons. The molecule has 2 heteroatoms. The molecule has 0 aliphatic rings. The van der Waals surface area contributed by atoms with Crippen molar-refractivity contribution in [3.05, 3.63) is 47.8 Å². The number of halogens is 2. The highest BCUT2D eigenvalue weighted by molar-refractivity contribution is 6.22. The largest absolute Gasteiger partial charge is 0.206 e. The van der Waals surface area contributed by atoms with Crippen molar-refractivity contribution in [3.63, 3.8) is 0 Å². The third-order valence-corrected chi connectivity index (χ3v) is 4.35. The van der Waals surface area contributed by atoms with E-state index in [2.05, 4.69) is 20.8 Å². The first-order chi connectivity index (χ1) is 8.52. The smallest absolute Gasteiger partial charge is 0.131 e. The molecule has 0 saturated carbocycles. The molecule has 0 N–H and O–H groups in total. The van der Waals surface area contributed by atoms with Gasteiger partial charge in [-0.3, -0.25) is 0 Å². The van der Waals surface area contributed by atoms with E-state index in [0.717, 1.165) is 10.9 Å². The predicted octanol–water partition coefficient (Wildman–Crippen LogP) is 5.55. The minimum absolute atomic E-state index is 0.0875. The second-order valence-corrected chi connectivity index (χ2v) is 5.66. The lowest BCUT2D eigenvalue weighted by Gasteiger charge is -2.23. The van der Waals surface area contributed by atoms with Crippen LogP contribution in [0.3, 0.4) is 0 Å². The van der Waals surface area contributed by atoms with Gasteiger partial charge in [-0.2, -0.15) is 0 Å². The highest BCUT2D eigenvalue weighted by atomic mass is 35.5. The van der Waals surface area contributed by atoms with Crippen LogP contribution < -0.4 is 0 Å². The minimum atomic E-state index is -0.185. The van der Waals surface area contributed by atoms with Crippen LogP contribution in [-0.4, -0.2) is 0 Å². The highest BCUT2D eigenvalue weighted by Crippen LogP contribution is 2.37. The summed E-state index contributed by atoms with van der Waals surface area (Å²) in [6.45, 7) is 6.46. The first-order valence-corrected chi connectivity index (χ1v) is 6.77. The summed E-state index contributed by atoms with van der Waals surface area (Å²) in [5.74, 6) is 0.660. The monoisotopic (exact) mass is 264 g/mol. The molecule has 0 fully saturated rings. The molecule has 0 nitrogen and oxygen atoms in total. The second-order valence-electron chi connectivity index (χ2n) is 5.19. The van der Waals surface area contributed by atoms with Crippen LogP contribution in [0.15, 0.2) is 36.4 Å². The number of rotatable bonds is 3. The lowest BCUT2D eigenvalue weighted by molar-refractivity contribution is 0.407. The summed E-state index contributed by atoms with van der Waals surface area (Å²) in [4.78, 5) is 0. The first-order valence-electron chi connectivity index (χ1n) is 6.33. The first kappa shape index (κ1) is 13.4. The van der Waals surface area contributed by atoms with E-state index in [1.165, 1.54) is 6.07 Å². The average Bonchev–Trinajstić information content (AvgIpc) is 2.38. The van der Waals surface area contributed by atoms with Crippen molar-refractivity contribution < 1.29 is 4.39 Å². The van der Waals surface area contributed by atoms with Crippen molar-refractivity contribution in [1.29, 1.82) is 0 Å². The Morgan fingerprint density at radius 3 is 2.17 bits per heavy atom. The summed E-state index contributed by atoms with van der Waals surface area (Å²) in [6, 6.07) is 10.8. The number of hydrogen-bond acceptors (Lipinski definition) is 0. The Labute approximate surface area is 113 Å². The van der Waals surface area contributed by atoms with E-state index in [1.54, 1.807) is 6.07 Å². The molecule has 0 radical (unpaired) electrons. The SMILES string of the molecule is CC(C)C(C)C(Cl)c1ccc(F)c2ccccc12. The molecule has 2 atom stereocenters. The molecule has 0 aliphatic heterocycles. The molecule has 0 spiro atoms. The van der Waals surface area contributed by atoms with Gasteiger partial charge in [-0.25, -0.2) is 4.39 Å². The van der Waals surface area contributed by atoms with Crippen LogP contribution in [-0.2, 0) is 0 Å². The fraction of sp³-hybridized carbons (Fsp3) is 0.375. The Hall–Kier alpha value is -1.08. The highest BCUT2D eigenvalue weighted by Gasteiger charge is 2.21. The van der Waals surface area contributed by atoms with Crippen LogP contribution in [0.25, 0.3) is 10.8 Å². The molecule has 18 heavy (non-hydrogen) atoms. The van der Waals surface area contributed by atoms with E-state index in [1.807, 2.05) is 24.3 Å². The number of alkyl halides is 1. The summed E-state index contributed by atoms with van der Waals surface area (Å²) in [5.41, 5.74) is 1.02. The maximum atomic E-state index is 13.7. The van der Waals surface area contributed by atoms with Crippen LogP contribution >= 0.6 is 11.6 Å². The van der Waals surface area contributed by atoms with E-state index >= 15 is 0 Å². The Balaban J connectivity index is 2.55. The molecular weight excluding hydrogens is 247 g/mol. The zero-order valence-electron chi connectivity index (χ0n) is 11.0. The molecule has 0 aliphatic carbocycles. The normalized spacial score (nSPS) is 15.0. The molecule has 2 aromatic rings. The van der Waals surface area contributed by atoms with Gasteiger partial charge in [0.1, 0.15) is 5.82 Å². The molecule has 2 unspecified atom stereocenters. The van der Waals surface area contributed by atoms with E-state index in [0.29, 0.717) is 17.2 Å². The maximum Gasteiger partial charge on any atom is 0.131 e. The third kappa shape index (κ3) is 2.37. The number of benzene rings is 2. The third-order valence-electron chi connectivity index (χ3n) is 3.71. The van der Waals surface area contributed by atoms with Crippen LogP contribution in [0.2, 0.25) is 0 Å². The van der Waals surface area contributed by atoms with Crippen LogP contribution in [0.1, 0.15) is 31.7 Å². The van der Waals surface area contributed by atoms with E-state index in [-0.39, 0.29) is 11.2 Å². The van der Waals surface area contributed by atoms with Crippen LogP contribution in [0, 0.1) is 17.7 Å². The molecule has 0 aromatic heterocycles. The van der Waals surface area contributed by atoms with Crippen molar-refractivity contribution in [2.45, 2.75) is 26.1 Å². The van der Waals surface area contributed by atoms with Crippen molar-refractivity contribution in [2.24, 2.45) is 11.8 Å². The van der Waals surface area contributed by atoms with Gasteiger partial charge in [-0.05, 0) is 28.9 Å². The van der Waals surface area contributed by atoms with Gasteiger partial charge in [-0.15, -0.1) is 11.6 Å². The van der Waals surface area contributed by atoms with Gasteiger partial charge in [0, 0.05) is 5.39 Å². The molecular formula is C16H18ClF. The lowest BCUT2D eigenvalue weighted by atomic mass is 9.88. The van der Waals surface area contributed by atoms with E-state index in [4.69, 9.17) is 11.6 Å². The fourth-order valence-corrected chi connectivity index (χ4v) is 2.63. The Morgan fingerprint density at radius 2 is 1.56 bits per heavy atom. The van der Waals surface area contributed by atoms with Gasteiger partial charge in [0.25, 0.3) is 0 Å². The molecule has 2 aromatic carbocycles. The quantitative estimate of drug-likeness (QED) is 0.638. The van der Waals surface area contributed by atoms with Crippen molar-refractivity contribution in [3.8, 4) is 0 Å². The summed E-state index contributed by atoms with van der Waals surface area (Å²) in [7, 11) is 0. The van der Waals surface area contributed by atoms with Crippen molar-refractivity contribution >= 4 is 22.4 Å². The Kier molecular flexibility index (Phi) is 3.91. The zero-order valence-corrected chi connectivity index (χ0v) is 11.7. The number of fused-ring (bicyclic) bond motifs is 1. The predicted molar refractivity (Wildman–Crippen MR) is 76.5 cm³/mol. The van der Waals surface area contributed by atoms with Gasteiger partial charge in [0.15, 0.2) is 0 Å². The molecule has 0 amide bonds. The standard InChI is InChI=1S/C16H18ClF/c1-10(2)11(3)16(17)14-8-9-15(18)13-7-5-4-6-12(13)14/h4-11,16H,1-3H3. The van der Waals surface area contributed by atoms with Crippen molar-refractivity contribution in [2.75, 3.05) is 0 Å². The van der Waals surface area contributed by atoms with Crippen LogP contribution in [0.4, 0.5) is 4.39 Å². The summed E-state index contributed by atoms with van der Waals surface area (Å²) < 4.78 is 13.7. The molecule has 2 rings (SSSR count). The van der Waals surface area contributed by atoms with Gasteiger partial charge in [-0.1, -0.05) is 51.1 Å². The molecule has 0 saturated heterocycles. The summed E-state index contributed by atoms with van der Waals surface area (Å²) in [5, 5.41) is 1.48. The molecule has 0 bridgehead atoms. The second kappa shape index (κ2) is 5.27. The lowest BCUT2D eigenvalue weighted by Crippen LogP contribution is -2.11. The Morgan fingerprint density at radius 1 is 0.944 bits per heavy atom. The summed E-state index contributed by atoms with van der Waals surface area (Å²) in [6.07, 6.45) is 0. The van der Waals surface area contributed by atoms with Crippen molar-refractivity contribution in [1.82, 2.24) is 0 Å². The van der Waals surface area contributed by atoms with Gasteiger partial charge in [0.2, 0.25) is 0 Å². The average molecular weight is 265 g/mol. The van der Waals surface area contributed by atoms with Gasteiger partial charge >= 0.3 is 0 Å². The fourth-order valence-electron chi connectivity index (χ4n) is 2.15. The topological polar surface area (TPSA) is 0 Å².